The second-order valence-corrected chi connectivity index (χ2v) is 8.70. The van der Waals surface area contributed by atoms with Crippen LogP contribution in [-0.2, 0) is 20.9 Å². The quantitative estimate of drug-likeness (QED) is 0.707. The number of nitrogens with one attached hydrogen (secondary N) is 2. The van der Waals surface area contributed by atoms with Crippen molar-refractivity contribution in [2.45, 2.75) is 44.2 Å². The van der Waals surface area contributed by atoms with Crippen molar-refractivity contribution in [3.05, 3.63) is 35.4 Å². The third kappa shape index (κ3) is 4.65. The molecule has 0 radical (unpaired) electrons. The van der Waals surface area contributed by atoms with Gasteiger partial charge in [-0.15, -0.1) is 0 Å². The molecule has 4 rings (SSSR count). The number of amides is 4. The average Bonchev–Trinajstić information content (AvgIpc) is 3.00. The Morgan fingerprint density at radius 2 is 1.77 bits per heavy atom. The van der Waals surface area contributed by atoms with E-state index < -0.39 is 17.5 Å². The van der Waals surface area contributed by atoms with Gasteiger partial charge in [-0.3, -0.25) is 19.8 Å². The molecule has 0 bridgehead atoms. The van der Waals surface area contributed by atoms with Crippen molar-refractivity contribution >= 4 is 17.8 Å². The van der Waals surface area contributed by atoms with Crippen molar-refractivity contribution in [1.82, 2.24) is 20.4 Å². The topological polar surface area (TPSA) is 91.0 Å². The molecule has 3 heterocycles. The van der Waals surface area contributed by atoms with Gasteiger partial charge in [0, 0.05) is 32.7 Å². The maximum absolute atomic E-state index is 12.7. The third-order valence-electron chi connectivity index (χ3n) is 6.43. The second kappa shape index (κ2) is 8.73. The van der Waals surface area contributed by atoms with Gasteiger partial charge in [0.2, 0.25) is 5.91 Å². The van der Waals surface area contributed by atoms with Crippen molar-refractivity contribution in [1.29, 1.82) is 0 Å². The first-order chi connectivity index (χ1) is 14.4. The van der Waals surface area contributed by atoms with Crippen molar-refractivity contribution in [3.63, 3.8) is 0 Å². The molecule has 1 atom stereocenters. The Bertz CT molecular complexity index is 798. The first-order valence-corrected chi connectivity index (χ1v) is 10.7. The zero-order chi connectivity index (χ0) is 21.1. The number of piperidine rings is 1. The van der Waals surface area contributed by atoms with Gasteiger partial charge in [-0.25, -0.2) is 4.79 Å². The number of benzene rings is 1. The number of hydrogen-bond donors (Lipinski definition) is 2. The monoisotopic (exact) mass is 414 g/mol. The van der Waals surface area contributed by atoms with E-state index in [4.69, 9.17) is 4.74 Å². The van der Waals surface area contributed by atoms with E-state index in [9.17, 15) is 14.4 Å². The molecule has 3 aliphatic rings. The van der Waals surface area contributed by atoms with Gasteiger partial charge in [0.25, 0.3) is 5.91 Å². The van der Waals surface area contributed by atoms with Gasteiger partial charge in [0.1, 0.15) is 5.54 Å². The molecule has 1 aromatic carbocycles. The van der Waals surface area contributed by atoms with Crippen molar-refractivity contribution in [3.8, 4) is 0 Å². The number of carbonyl (C=O) groups is 3. The predicted octanol–water partition coefficient (Wildman–Crippen LogP) is 1.21. The Balaban J connectivity index is 1.27. The molecule has 0 saturated carbocycles. The standard InChI is InChI=1S/C22H30N4O4/c1-22(20(28)23-21(29)24-22)14-19(27)26-8-6-18(7-9-26)17-4-2-16(3-5-17)15-25-10-12-30-13-11-25/h2-5,18H,6-15H2,1H3,(H2,23,24,28,29). The molecule has 1 unspecified atom stereocenters. The highest BCUT2D eigenvalue weighted by molar-refractivity contribution is 6.08. The Morgan fingerprint density at radius 3 is 2.37 bits per heavy atom. The summed E-state index contributed by atoms with van der Waals surface area (Å²) in [4.78, 5) is 40.2. The lowest BCUT2D eigenvalue weighted by atomic mass is 9.88. The number of imide groups is 1. The summed E-state index contributed by atoms with van der Waals surface area (Å²) in [6.45, 7) is 7.49. The Kier molecular flexibility index (Phi) is 6.06. The first kappa shape index (κ1) is 20.8. The highest BCUT2D eigenvalue weighted by atomic mass is 16.5. The first-order valence-electron chi connectivity index (χ1n) is 10.7. The van der Waals surface area contributed by atoms with Gasteiger partial charge in [-0.1, -0.05) is 24.3 Å². The fourth-order valence-corrected chi connectivity index (χ4v) is 4.49. The van der Waals surface area contributed by atoms with E-state index in [1.165, 1.54) is 11.1 Å². The summed E-state index contributed by atoms with van der Waals surface area (Å²) in [6.07, 6.45) is 1.80. The van der Waals surface area contributed by atoms with Gasteiger partial charge >= 0.3 is 6.03 Å². The number of hydrogen-bond acceptors (Lipinski definition) is 5. The zero-order valence-corrected chi connectivity index (χ0v) is 17.5. The molecular weight excluding hydrogens is 384 g/mol. The minimum absolute atomic E-state index is 0.00846. The van der Waals surface area contributed by atoms with E-state index in [1.807, 2.05) is 4.90 Å². The van der Waals surface area contributed by atoms with Crippen molar-refractivity contribution < 1.29 is 19.1 Å². The van der Waals surface area contributed by atoms with Crippen LogP contribution in [0.15, 0.2) is 24.3 Å². The van der Waals surface area contributed by atoms with Crippen LogP contribution in [0.1, 0.15) is 43.2 Å². The van der Waals surface area contributed by atoms with Crippen molar-refractivity contribution in [2.24, 2.45) is 0 Å². The molecule has 3 aliphatic heterocycles. The number of carbonyl (C=O) groups excluding carboxylic acids is 3. The summed E-state index contributed by atoms with van der Waals surface area (Å²) >= 11 is 0. The van der Waals surface area contributed by atoms with Gasteiger partial charge in [-0.05, 0) is 36.8 Å². The van der Waals surface area contributed by atoms with E-state index in [1.54, 1.807) is 6.92 Å². The largest absolute Gasteiger partial charge is 0.379 e. The lowest BCUT2D eigenvalue weighted by Gasteiger charge is -2.34. The van der Waals surface area contributed by atoms with E-state index in [2.05, 4.69) is 39.8 Å². The molecule has 0 spiro atoms. The van der Waals surface area contributed by atoms with Gasteiger partial charge in [-0.2, -0.15) is 0 Å². The minimum Gasteiger partial charge on any atom is -0.379 e. The van der Waals surface area contributed by atoms with E-state index >= 15 is 0 Å². The third-order valence-corrected chi connectivity index (χ3v) is 6.43. The average molecular weight is 415 g/mol. The van der Waals surface area contributed by atoms with Gasteiger partial charge in [0.15, 0.2) is 0 Å². The molecule has 8 nitrogen and oxygen atoms in total. The fourth-order valence-electron chi connectivity index (χ4n) is 4.49. The summed E-state index contributed by atoms with van der Waals surface area (Å²) in [5.74, 6) is -0.0846. The molecule has 30 heavy (non-hydrogen) atoms. The molecule has 0 aromatic heterocycles. The fraction of sp³-hybridized carbons (Fsp3) is 0.591. The van der Waals surface area contributed by atoms with E-state index in [-0.39, 0.29) is 12.3 Å². The smallest absolute Gasteiger partial charge is 0.322 e. The normalized spacial score (nSPS) is 25.8. The van der Waals surface area contributed by atoms with Crippen LogP contribution in [0.25, 0.3) is 0 Å². The number of urea groups is 1. The summed E-state index contributed by atoms with van der Waals surface area (Å²) < 4.78 is 5.41. The van der Waals surface area contributed by atoms with Crippen LogP contribution < -0.4 is 10.6 Å². The van der Waals surface area contributed by atoms with Crippen LogP contribution in [0, 0.1) is 0 Å². The number of nitrogens with zero attached hydrogens (tertiary/aromatic N) is 2. The van der Waals surface area contributed by atoms with Crippen LogP contribution >= 0.6 is 0 Å². The molecule has 1 aromatic rings. The Morgan fingerprint density at radius 1 is 1.10 bits per heavy atom. The lowest BCUT2D eigenvalue weighted by molar-refractivity contribution is -0.137. The number of rotatable bonds is 5. The molecule has 2 N–H and O–H groups in total. The maximum Gasteiger partial charge on any atom is 0.322 e. The second-order valence-electron chi connectivity index (χ2n) is 8.70. The highest BCUT2D eigenvalue weighted by Gasteiger charge is 2.44. The van der Waals surface area contributed by atoms with Crippen molar-refractivity contribution in [2.75, 3.05) is 39.4 Å². The molecule has 162 valence electrons. The van der Waals surface area contributed by atoms with Gasteiger partial charge in [0.05, 0.1) is 19.6 Å². The van der Waals surface area contributed by atoms with Crippen LogP contribution in [0.4, 0.5) is 4.79 Å². The van der Waals surface area contributed by atoms with Gasteiger partial charge < -0.3 is 15.0 Å². The van der Waals surface area contributed by atoms with Crippen LogP contribution in [0.2, 0.25) is 0 Å². The summed E-state index contributed by atoms with van der Waals surface area (Å²) in [7, 11) is 0. The number of morpholine rings is 1. The van der Waals surface area contributed by atoms with Crippen LogP contribution in [0.5, 0.6) is 0 Å². The molecule has 0 aliphatic carbocycles. The minimum atomic E-state index is -1.15. The van der Waals surface area contributed by atoms with Crippen LogP contribution in [0.3, 0.4) is 0 Å². The molecule has 4 amide bonds. The lowest BCUT2D eigenvalue weighted by Crippen LogP contribution is -2.49. The molecular formula is C22H30N4O4. The Hall–Kier alpha value is -2.45. The zero-order valence-electron chi connectivity index (χ0n) is 17.5. The molecule has 3 fully saturated rings. The highest BCUT2D eigenvalue weighted by Crippen LogP contribution is 2.29. The van der Waals surface area contributed by atoms with Crippen LogP contribution in [-0.4, -0.2) is 72.6 Å². The SMILES string of the molecule is CC1(CC(=O)N2CCC(c3ccc(CN4CCOCC4)cc3)CC2)NC(=O)NC1=O. The number of ether oxygens (including phenoxy) is 1. The predicted molar refractivity (Wildman–Crippen MR) is 111 cm³/mol. The Labute approximate surface area is 176 Å². The van der Waals surface area contributed by atoms with E-state index in [0.29, 0.717) is 19.0 Å². The summed E-state index contributed by atoms with van der Waals surface area (Å²) in [6, 6.07) is 8.33. The van der Waals surface area contributed by atoms with E-state index in [0.717, 1.165) is 45.7 Å². The summed E-state index contributed by atoms with van der Waals surface area (Å²) in [5, 5.41) is 4.77. The maximum atomic E-state index is 12.7. The molecule has 8 heteroatoms. The summed E-state index contributed by atoms with van der Waals surface area (Å²) in [5.41, 5.74) is 1.49. The number of likely N-dealkylation sites (tertiary alicyclic amines) is 1. The molecule has 3 saturated heterocycles.